The van der Waals surface area contributed by atoms with E-state index >= 15 is 0 Å². The number of likely N-dealkylation sites (tertiary alicyclic amines) is 1. The van der Waals surface area contributed by atoms with Crippen LogP contribution < -0.4 is 0 Å². The summed E-state index contributed by atoms with van der Waals surface area (Å²) in [7, 11) is 0. The van der Waals surface area contributed by atoms with Gasteiger partial charge < -0.3 is 4.90 Å². The van der Waals surface area contributed by atoms with Gasteiger partial charge in [-0.2, -0.15) is 0 Å². The van der Waals surface area contributed by atoms with Crippen molar-refractivity contribution in [3.8, 4) is 0 Å². The minimum atomic E-state index is -0.0196. The first-order valence-electron chi connectivity index (χ1n) is 7.28. The van der Waals surface area contributed by atoms with E-state index < -0.39 is 0 Å². The quantitative estimate of drug-likeness (QED) is 0.863. The molecule has 0 spiro atoms. The first-order valence-corrected chi connectivity index (χ1v) is 7.28. The van der Waals surface area contributed by atoms with E-state index in [9.17, 15) is 4.79 Å². The Bertz CT molecular complexity index is 588. The summed E-state index contributed by atoms with van der Waals surface area (Å²) in [6.07, 6.45) is 9.58. The predicted octanol–water partition coefficient (Wildman–Crippen LogP) is 1.97. The standard InChI is InChI=1S/C16H18N4O/c21-16(15-11-17-7-8-19-15)20-9-3-4-13(12-20)10-14-5-1-2-6-18-14/h1-2,5-8,11,13H,3-4,9-10,12H2/t13-/m0/s1. The largest absolute Gasteiger partial charge is 0.337 e. The topological polar surface area (TPSA) is 59.0 Å². The van der Waals surface area contributed by atoms with Crippen molar-refractivity contribution in [3.05, 3.63) is 54.4 Å². The molecule has 0 radical (unpaired) electrons. The van der Waals surface area contributed by atoms with Gasteiger partial charge in [0.2, 0.25) is 0 Å². The van der Waals surface area contributed by atoms with Crippen LogP contribution in [-0.2, 0) is 6.42 Å². The zero-order valence-corrected chi connectivity index (χ0v) is 11.9. The van der Waals surface area contributed by atoms with Crippen molar-refractivity contribution in [3.63, 3.8) is 0 Å². The van der Waals surface area contributed by atoms with E-state index in [0.717, 1.165) is 38.0 Å². The average molecular weight is 282 g/mol. The summed E-state index contributed by atoms with van der Waals surface area (Å²) in [5, 5.41) is 0. The van der Waals surface area contributed by atoms with Crippen LogP contribution in [0.4, 0.5) is 0 Å². The fourth-order valence-corrected chi connectivity index (χ4v) is 2.80. The van der Waals surface area contributed by atoms with Gasteiger partial charge in [-0.1, -0.05) is 6.07 Å². The lowest BCUT2D eigenvalue weighted by molar-refractivity contribution is 0.0666. The predicted molar refractivity (Wildman–Crippen MR) is 78.6 cm³/mol. The van der Waals surface area contributed by atoms with Gasteiger partial charge in [0, 0.05) is 37.4 Å². The summed E-state index contributed by atoms with van der Waals surface area (Å²) in [6, 6.07) is 5.98. The van der Waals surface area contributed by atoms with Crippen LogP contribution in [0.15, 0.2) is 43.0 Å². The number of carbonyl (C=O) groups is 1. The maximum absolute atomic E-state index is 12.4. The van der Waals surface area contributed by atoms with Gasteiger partial charge in [-0.05, 0) is 37.3 Å². The molecule has 3 rings (SSSR count). The van der Waals surface area contributed by atoms with Gasteiger partial charge >= 0.3 is 0 Å². The van der Waals surface area contributed by atoms with Crippen LogP contribution in [0.3, 0.4) is 0 Å². The second kappa shape index (κ2) is 6.43. The molecule has 1 fully saturated rings. The van der Waals surface area contributed by atoms with E-state index in [0.29, 0.717) is 11.6 Å². The molecule has 0 aliphatic carbocycles. The lowest BCUT2D eigenvalue weighted by Crippen LogP contribution is -2.40. The zero-order valence-electron chi connectivity index (χ0n) is 11.9. The summed E-state index contributed by atoms with van der Waals surface area (Å²) >= 11 is 0. The fraction of sp³-hybridized carbons (Fsp3) is 0.375. The Kier molecular flexibility index (Phi) is 4.19. The van der Waals surface area contributed by atoms with Crippen LogP contribution in [-0.4, -0.2) is 38.8 Å². The molecule has 0 aromatic carbocycles. The molecule has 108 valence electrons. The first-order chi connectivity index (χ1) is 10.3. The molecule has 0 unspecified atom stereocenters. The molecule has 1 amide bonds. The number of pyridine rings is 1. The Balaban J connectivity index is 1.64. The SMILES string of the molecule is O=C(c1cnccn1)N1CCC[C@@H](Cc2ccccn2)C1. The van der Waals surface area contributed by atoms with Gasteiger partial charge in [0.25, 0.3) is 5.91 Å². The fourth-order valence-electron chi connectivity index (χ4n) is 2.80. The van der Waals surface area contributed by atoms with Crippen molar-refractivity contribution in [1.82, 2.24) is 19.9 Å². The van der Waals surface area contributed by atoms with Gasteiger partial charge in [-0.3, -0.25) is 14.8 Å². The molecule has 1 saturated heterocycles. The van der Waals surface area contributed by atoms with Crippen molar-refractivity contribution < 1.29 is 4.79 Å². The average Bonchev–Trinajstić information content (AvgIpc) is 2.56. The minimum Gasteiger partial charge on any atom is -0.337 e. The highest BCUT2D eigenvalue weighted by atomic mass is 16.2. The summed E-state index contributed by atoms with van der Waals surface area (Å²) in [6.45, 7) is 1.57. The van der Waals surface area contributed by atoms with Gasteiger partial charge in [0.15, 0.2) is 0 Å². The highest BCUT2D eigenvalue weighted by molar-refractivity contribution is 5.92. The lowest BCUT2D eigenvalue weighted by atomic mass is 9.93. The molecule has 2 aromatic heterocycles. The normalized spacial score (nSPS) is 18.5. The number of aromatic nitrogens is 3. The molecule has 0 bridgehead atoms. The Morgan fingerprint density at radius 3 is 2.95 bits per heavy atom. The summed E-state index contributed by atoms with van der Waals surface area (Å²) in [5.41, 5.74) is 1.52. The molecule has 0 saturated carbocycles. The van der Waals surface area contributed by atoms with Crippen molar-refractivity contribution in [2.45, 2.75) is 19.3 Å². The van der Waals surface area contributed by atoms with Crippen molar-refractivity contribution >= 4 is 5.91 Å². The maximum atomic E-state index is 12.4. The van der Waals surface area contributed by atoms with Gasteiger partial charge in [0.1, 0.15) is 5.69 Å². The first kappa shape index (κ1) is 13.7. The van der Waals surface area contributed by atoms with E-state index in [1.165, 1.54) is 6.20 Å². The van der Waals surface area contributed by atoms with Crippen LogP contribution in [0.2, 0.25) is 0 Å². The molecule has 21 heavy (non-hydrogen) atoms. The molecular weight excluding hydrogens is 264 g/mol. The van der Waals surface area contributed by atoms with Gasteiger partial charge in [-0.25, -0.2) is 4.98 Å². The summed E-state index contributed by atoms with van der Waals surface area (Å²) in [5.74, 6) is 0.447. The van der Waals surface area contributed by atoms with E-state index in [2.05, 4.69) is 15.0 Å². The number of piperidine rings is 1. The third kappa shape index (κ3) is 3.42. The Morgan fingerprint density at radius 2 is 2.19 bits per heavy atom. The van der Waals surface area contributed by atoms with E-state index in [1.807, 2.05) is 29.3 Å². The number of amides is 1. The van der Waals surface area contributed by atoms with Gasteiger partial charge in [-0.15, -0.1) is 0 Å². The second-order valence-corrected chi connectivity index (χ2v) is 5.38. The van der Waals surface area contributed by atoms with Crippen LogP contribution in [0, 0.1) is 5.92 Å². The number of carbonyl (C=O) groups excluding carboxylic acids is 1. The molecule has 5 heteroatoms. The number of rotatable bonds is 3. The Labute approximate surface area is 124 Å². The number of hydrogen-bond acceptors (Lipinski definition) is 4. The highest BCUT2D eigenvalue weighted by Crippen LogP contribution is 2.21. The zero-order chi connectivity index (χ0) is 14.5. The summed E-state index contributed by atoms with van der Waals surface area (Å²) in [4.78, 5) is 26.7. The van der Waals surface area contributed by atoms with E-state index in [-0.39, 0.29) is 5.91 Å². The van der Waals surface area contributed by atoms with E-state index in [1.54, 1.807) is 12.4 Å². The Morgan fingerprint density at radius 1 is 1.24 bits per heavy atom. The molecule has 5 nitrogen and oxygen atoms in total. The molecule has 0 N–H and O–H groups in total. The minimum absolute atomic E-state index is 0.0196. The molecular formula is C16H18N4O. The molecule has 1 aliphatic rings. The van der Waals surface area contributed by atoms with E-state index in [4.69, 9.17) is 0 Å². The van der Waals surface area contributed by atoms with Crippen LogP contribution in [0.25, 0.3) is 0 Å². The molecule has 2 aromatic rings. The Hall–Kier alpha value is -2.30. The van der Waals surface area contributed by atoms with Crippen molar-refractivity contribution in [2.24, 2.45) is 5.92 Å². The molecule has 3 heterocycles. The lowest BCUT2D eigenvalue weighted by Gasteiger charge is -2.32. The molecule has 1 atom stereocenters. The third-order valence-corrected chi connectivity index (χ3v) is 3.81. The molecule has 1 aliphatic heterocycles. The monoisotopic (exact) mass is 282 g/mol. The second-order valence-electron chi connectivity index (χ2n) is 5.38. The number of hydrogen-bond donors (Lipinski definition) is 0. The number of nitrogens with zero attached hydrogens (tertiary/aromatic N) is 4. The van der Waals surface area contributed by atoms with Crippen LogP contribution >= 0.6 is 0 Å². The van der Waals surface area contributed by atoms with Crippen molar-refractivity contribution in [1.29, 1.82) is 0 Å². The highest BCUT2D eigenvalue weighted by Gasteiger charge is 2.25. The van der Waals surface area contributed by atoms with Gasteiger partial charge in [0.05, 0.1) is 6.20 Å². The van der Waals surface area contributed by atoms with Crippen molar-refractivity contribution in [2.75, 3.05) is 13.1 Å². The summed E-state index contributed by atoms with van der Waals surface area (Å²) < 4.78 is 0. The van der Waals surface area contributed by atoms with Crippen LogP contribution in [0.5, 0.6) is 0 Å². The maximum Gasteiger partial charge on any atom is 0.274 e. The van der Waals surface area contributed by atoms with Crippen LogP contribution in [0.1, 0.15) is 29.0 Å². The smallest absolute Gasteiger partial charge is 0.274 e. The third-order valence-electron chi connectivity index (χ3n) is 3.81.